The number of likely N-dealkylation sites (N-methyl/N-ethyl adjacent to an activating group) is 1. The summed E-state index contributed by atoms with van der Waals surface area (Å²) >= 11 is 15.7. The normalized spacial score (nSPS) is 12.7. The van der Waals surface area contributed by atoms with Gasteiger partial charge in [0.25, 0.3) is 0 Å². The third kappa shape index (κ3) is 4.44. The molecule has 0 heterocycles. The molecule has 2 aromatic carbocycles. The third-order valence-corrected chi connectivity index (χ3v) is 4.59. The van der Waals surface area contributed by atoms with Gasteiger partial charge in [0, 0.05) is 33.6 Å². The maximum Gasteiger partial charge on any atom is 0.0482 e. The van der Waals surface area contributed by atoms with E-state index in [1.54, 1.807) is 0 Å². The van der Waals surface area contributed by atoms with E-state index in [-0.39, 0.29) is 6.04 Å². The van der Waals surface area contributed by atoms with Gasteiger partial charge in [-0.05, 0) is 48.5 Å². The summed E-state index contributed by atoms with van der Waals surface area (Å²) in [6, 6.07) is 13.7. The highest BCUT2D eigenvalue weighted by Crippen LogP contribution is 2.30. The lowest BCUT2D eigenvalue weighted by molar-refractivity contribution is 0.241. The molecule has 0 saturated carbocycles. The van der Waals surface area contributed by atoms with Crippen molar-refractivity contribution in [2.75, 3.05) is 13.6 Å². The molecule has 0 saturated heterocycles. The standard InChI is InChI=1S/C16H17BrCl2N2/c1-21(10-11-3-2-4-12(18)7-11)16(9-20)14-8-13(19)5-6-15(14)17/h2-8,16H,9-10,20H2,1H3. The summed E-state index contributed by atoms with van der Waals surface area (Å²) < 4.78 is 1.01. The SMILES string of the molecule is CN(Cc1cccc(Cl)c1)C(CN)c1cc(Cl)ccc1Br. The molecule has 2 aromatic rings. The van der Waals surface area contributed by atoms with Crippen LogP contribution in [0, 0.1) is 0 Å². The van der Waals surface area contributed by atoms with Gasteiger partial charge in [0.05, 0.1) is 0 Å². The van der Waals surface area contributed by atoms with Gasteiger partial charge >= 0.3 is 0 Å². The van der Waals surface area contributed by atoms with E-state index in [0.29, 0.717) is 11.6 Å². The lowest BCUT2D eigenvalue weighted by Gasteiger charge is -2.28. The molecule has 21 heavy (non-hydrogen) atoms. The summed E-state index contributed by atoms with van der Waals surface area (Å²) in [6.45, 7) is 1.28. The second-order valence-electron chi connectivity index (χ2n) is 4.96. The Morgan fingerprint density at radius 2 is 1.86 bits per heavy atom. The number of hydrogen-bond acceptors (Lipinski definition) is 2. The molecule has 0 aliphatic carbocycles. The molecule has 2 rings (SSSR count). The summed E-state index contributed by atoms with van der Waals surface area (Å²) in [5, 5.41) is 1.46. The zero-order chi connectivity index (χ0) is 15.4. The molecule has 0 fully saturated rings. The van der Waals surface area contributed by atoms with Crippen LogP contribution in [-0.2, 0) is 6.54 Å². The number of nitrogens with zero attached hydrogens (tertiary/aromatic N) is 1. The van der Waals surface area contributed by atoms with Crippen molar-refractivity contribution < 1.29 is 0 Å². The van der Waals surface area contributed by atoms with E-state index in [9.17, 15) is 0 Å². The maximum absolute atomic E-state index is 6.11. The first kappa shape index (κ1) is 16.8. The molecule has 112 valence electrons. The Morgan fingerprint density at radius 1 is 1.14 bits per heavy atom. The van der Waals surface area contributed by atoms with Crippen molar-refractivity contribution in [3.05, 3.63) is 68.1 Å². The van der Waals surface area contributed by atoms with Gasteiger partial charge in [-0.3, -0.25) is 4.90 Å². The van der Waals surface area contributed by atoms with E-state index >= 15 is 0 Å². The summed E-state index contributed by atoms with van der Waals surface area (Å²) in [5.41, 5.74) is 8.22. The van der Waals surface area contributed by atoms with E-state index in [4.69, 9.17) is 28.9 Å². The van der Waals surface area contributed by atoms with Crippen molar-refractivity contribution in [2.24, 2.45) is 5.73 Å². The molecule has 2 N–H and O–H groups in total. The first-order valence-electron chi connectivity index (χ1n) is 6.61. The lowest BCUT2D eigenvalue weighted by atomic mass is 10.0. The number of hydrogen-bond donors (Lipinski definition) is 1. The van der Waals surface area contributed by atoms with Crippen molar-refractivity contribution >= 4 is 39.1 Å². The Kier molecular flexibility index (Phi) is 6.08. The van der Waals surface area contributed by atoms with Crippen LogP contribution in [0.2, 0.25) is 10.0 Å². The molecule has 2 nitrogen and oxygen atoms in total. The van der Waals surface area contributed by atoms with Gasteiger partial charge in [-0.25, -0.2) is 0 Å². The Hall–Kier alpha value is -0.580. The Morgan fingerprint density at radius 3 is 2.52 bits per heavy atom. The molecule has 1 unspecified atom stereocenters. The van der Waals surface area contributed by atoms with Crippen LogP contribution in [0.1, 0.15) is 17.2 Å². The average Bonchev–Trinajstić information content (AvgIpc) is 2.43. The molecular weight excluding hydrogens is 371 g/mol. The molecule has 0 amide bonds. The highest BCUT2D eigenvalue weighted by Gasteiger charge is 2.18. The van der Waals surface area contributed by atoms with Gasteiger partial charge < -0.3 is 5.73 Å². The van der Waals surface area contributed by atoms with Gasteiger partial charge in [0.1, 0.15) is 0 Å². The molecule has 0 aromatic heterocycles. The van der Waals surface area contributed by atoms with E-state index in [1.807, 2.05) is 43.4 Å². The van der Waals surface area contributed by atoms with Crippen LogP contribution >= 0.6 is 39.1 Å². The fraction of sp³-hybridized carbons (Fsp3) is 0.250. The molecule has 1 atom stereocenters. The largest absolute Gasteiger partial charge is 0.329 e. The monoisotopic (exact) mass is 386 g/mol. The van der Waals surface area contributed by atoms with Gasteiger partial charge in [0.15, 0.2) is 0 Å². The smallest absolute Gasteiger partial charge is 0.0482 e. The minimum atomic E-state index is 0.0806. The van der Waals surface area contributed by atoms with Crippen LogP contribution in [0.25, 0.3) is 0 Å². The topological polar surface area (TPSA) is 29.3 Å². The number of nitrogens with two attached hydrogens (primary N) is 1. The predicted octanol–water partition coefficient (Wildman–Crippen LogP) is 4.89. The molecule has 0 aliphatic heterocycles. The number of benzene rings is 2. The fourth-order valence-corrected chi connectivity index (χ4v) is 3.25. The van der Waals surface area contributed by atoms with Gasteiger partial charge in [0.2, 0.25) is 0 Å². The number of rotatable bonds is 5. The Balaban J connectivity index is 2.22. The van der Waals surface area contributed by atoms with E-state index < -0.39 is 0 Å². The van der Waals surface area contributed by atoms with Crippen molar-refractivity contribution in [2.45, 2.75) is 12.6 Å². The second-order valence-corrected chi connectivity index (χ2v) is 6.69. The maximum atomic E-state index is 6.11. The van der Waals surface area contributed by atoms with E-state index in [1.165, 1.54) is 0 Å². The van der Waals surface area contributed by atoms with E-state index in [2.05, 4.69) is 26.9 Å². The van der Waals surface area contributed by atoms with Crippen molar-refractivity contribution in [3.63, 3.8) is 0 Å². The third-order valence-electron chi connectivity index (χ3n) is 3.39. The zero-order valence-corrected chi connectivity index (χ0v) is 14.8. The predicted molar refractivity (Wildman–Crippen MR) is 93.9 cm³/mol. The molecule has 0 bridgehead atoms. The van der Waals surface area contributed by atoms with Crippen LogP contribution in [0.4, 0.5) is 0 Å². The van der Waals surface area contributed by atoms with Crippen molar-refractivity contribution in [1.29, 1.82) is 0 Å². The minimum Gasteiger partial charge on any atom is -0.329 e. The van der Waals surface area contributed by atoms with Crippen LogP contribution in [0.5, 0.6) is 0 Å². The van der Waals surface area contributed by atoms with Crippen LogP contribution in [-0.4, -0.2) is 18.5 Å². The molecule has 5 heteroatoms. The Bertz CT molecular complexity index is 619. The minimum absolute atomic E-state index is 0.0806. The summed E-state index contributed by atoms with van der Waals surface area (Å²) in [5.74, 6) is 0. The summed E-state index contributed by atoms with van der Waals surface area (Å²) in [4.78, 5) is 2.20. The highest BCUT2D eigenvalue weighted by molar-refractivity contribution is 9.10. The van der Waals surface area contributed by atoms with E-state index in [0.717, 1.165) is 27.2 Å². The fourth-order valence-electron chi connectivity index (χ4n) is 2.35. The number of halogens is 3. The lowest BCUT2D eigenvalue weighted by Crippen LogP contribution is -2.30. The first-order chi connectivity index (χ1) is 10.0. The van der Waals surface area contributed by atoms with Crippen molar-refractivity contribution in [1.82, 2.24) is 4.90 Å². The highest BCUT2D eigenvalue weighted by atomic mass is 79.9. The summed E-state index contributed by atoms with van der Waals surface area (Å²) in [6.07, 6.45) is 0. The zero-order valence-electron chi connectivity index (χ0n) is 11.7. The molecule has 0 aliphatic rings. The quantitative estimate of drug-likeness (QED) is 0.791. The van der Waals surface area contributed by atoms with Crippen LogP contribution in [0.3, 0.4) is 0 Å². The molecule has 0 spiro atoms. The first-order valence-corrected chi connectivity index (χ1v) is 8.16. The van der Waals surface area contributed by atoms with Crippen LogP contribution < -0.4 is 5.73 Å². The molecular formula is C16H17BrCl2N2. The van der Waals surface area contributed by atoms with Gasteiger partial charge in [-0.1, -0.05) is 51.3 Å². The summed E-state index contributed by atoms with van der Waals surface area (Å²) in [7, 11) is 2.05. The van der Waals surface area contributed by atoms with Gasteiger partial charge in [-0.15, -0.1) is 0 Å². The average molecular weight is 388 g/mol. The second kappa shape index (κ2) is 7.61. The van der Waals surface area contributed by atoms with Crippen molar-refractivity contribution in [3.8, 4) is 0 Å². The van der Waals surface area contributed by atoms with Gasteiger partial charge in [-0.2, -0.15) is 0 Å². The van der Waals surface area contributed by atoms with Crippen LogP contribution in [0.15, 0.2) is 46.9 Å². The Labute approximate surface area is 144 Å². The molecule has 0 radical (unpaired) electrons.